The summed E-state index contributed by atoms with van der Waals surface area (Å²) in [6.45, 7) is 11.1. The van der Waals surface area contributed by atoms with Crippen molar-refractivity contribution in [3.63, 3.8) is 0 Å². The van der Waals surface area contributed by atoms with Gasteiger partial charge in [-0.3, -0.25) is 4.98 Å². The molecule has 1 N–H and O–H groups in total. The third kappa shape index (κ3) is 8.90. The van der Waals surface area contributed by atoms with Crippen molar-refractivity contribution in [1.82, 2.24) is 19.9 Å². The molecule has 10 heteroatoms. The van der Waals surface area contributed by atoms with E-state index >= 15 is 0 Å². The van der Waals surface area contributed by atoms with Gasteiger partial charge in [0.25, 0.3) is 0 Å². The molecule has 3 rings (SSSR count). The third-order valence-corrected chi connectivity index (χ3v) is 7.84. The minimum absolute atomic E-state index is 0.382. The number of amides is 1. The van der Waals surface area contributed by atoms with Gasteiger partial charge < -0.3 is 24.1 Å². The Bertz CT molecular complexity index is 1100. The number of nitrogens with one attached hydrogen (secondary N) is 1. The zero-order chi connectivity index (χ0) is 26.0. The summed E-state index contributed by atoms with van der Waals surface area (Å²) in [6.07, 6.45) is 5.21. The summed E-state index contributed by atoms with van der Waals surface area (Å²) in [7, 11) is -1.14. The van der Waals surface area contributed by atoms with Crippen LogP contribution in [0.25, 0.3) is 11.0 Å². The Labute approximate surface area is 222 Å². The highest BCUT2D eigenvalue weighted by Gasteiger charge is 2.19. The molecule has 8 nitrogen and oxygen atoms in total. The molecule has 0 bridgehead atoms. The zero-order valence-electron chi connectivity index (χ0n) is 21.6. The number of unbranched alkanes of at least 4 members (excludes halogenated alkanes) is 1. The first-order valence-corrected chi connectivity index (χ1v) is 17.0. The van der Waals surface area contributed by atoms with Crippen LogP contribution in [-0.4, -0.2) is 48.5 Å². The fraction of sp³-hybridized carbons (Fsp3) is 0.500. The molecule has 0 aliphatic heterocycles. The van der Waals surface area contributed by atoms with E-state index in [0.29, 0.717) is 32.2 Å². The highest BCUT2D eigenvalue weighted by Crippen LogP contribution is 2.32. The number of rotatable bonds is 14. The van der Waals surface area contributed by atoms with Crippen LogP contribution >= 0.6 is 15.9 Å². The maximum atomic E-state index is 11.9. The second-order valence-corrected chi connectivity index (χ2v) is 16.4. The monoisotopic (exact) mass is 576 g/mol. The molecule has 0 spiro atoms. The normalized spacial score (nSPS) is 12.5. The second-order valence-electron chi connectivity index (χ2n) is 9.89. The summed E-state index contributed by atoms with van der Waals surface area (Å²) < 4.78 is 20.2. The highest BCUT2D eigenvalue weighted by molar-refractivity contribution is 9.10. The second kappa shape index (κ2) is 13.8. The van der Waals surface area contributed by atoms with Gasteiger partial charge in [-0.2, -0.15) is 4.98 Å². The molecular formula is C26H37BrN4O4Si. The van der Waals surface area contributed by atoms with Crippen LogP contribution in [0.1, 0.15) is 38.0 Å². The van der Waals surface area contributed by atoms with Crippen LogP contribution in [-0.2, 0) is 16.2 Å². The molecule has 196 valence electrons. The standard InChI is InChI=1S/C26H37BrN4O4Si/c1-5-6-15-34-26(32)29-13-10-23(22-9-7-8-12-28-22)35-25-21(27)18-20-11-14-31(24(20)30-25)19-33-16-17-36(2,3)4/h7-9,11-12,14,18,23H,5-6,10,13,15-17,19H2,1-4H3,(H,29,32). The van der Waals surface area contributed by atoms with Gasteiger partial charge in [0, 0.05) is 45.4 Å². The van der Waals surface area contributed by atoms with Crippen molar-refractivity contribution in [2.75, 3.05) is 19.8 Å². The maximum absolute atomic E-state index is 11.9. The lowest BCUT2D eigenvalue weighted by molar-refractivity contribution is 0.0897. The molecule has 3 heterocycles. The Balaban J connectivity index is 1.70. The topological polar surface area (TPSA) is 87.5 Å². The molecule has 0 radical (unpaired) electrons. The Morgan fingerprint density at radius 2 is 2.06 bits per heavy atom. The molecule has 0 aromatic carbocycles. The summed E-state index contributed by atoms with van der Waals surface area (Å²) in [4.78, 5) is 21.2. The van der Waals surface area contributed by atoms with Crippen LogP contribution in [0.3, 0.4) is 0 Å². The number of hydrogen-bond acceptors (Lipinski definition) is 6. The first-order chi connectivity index (χ1) is 17.3. The Morgan fingerprint density at radius 3 is 2.78 bits per heavy atom. The molecular weight excluding hydrogens is 540 g/mol. The Morgan fingerprint density at radius 1 is 1.22 bits per heavy atom. The number of fused-ring (bicyclic) bond motifs is 1. The number of pyridine rings is 2. The van der Waals surface area contributed by atoms with Gasteiger partial charge in [-0.15, -0.1) is 0 Å². The van der Waals surface area contributed by atoms with Crippen LogP contribution in [0.2, 0.25) is 25.7 Å². The number of ether oxygens (including phenoxy) is 3. The molecule has 36 heavy (non-hydrogen) atoms. The lowest BCUT2D eigenvalue weighted by Gasteiger charge is -2.19. The Kier molecular flexibility index (Phi) is 10.8. The summed E-state index contributed by atoms with van der Waals surface area (Å²) in [5.74, 6) is 0.464. The fourth-order valence-electron chi connectivity index (χ4n) is 3.43. The van der Waals surface area contributed by atoms with E-state index < -0.39 is 20.3 Å². The van der Waals surface area contributed by atoms with Gasteiger partial charge in [0.05, 0.1) is 16.8 Å². The van der Waals surface area contributed by atoms with Gasteiger partial charge in [0.2, 0.25) is 5.88 Å². The van der Waals surface area contributed by atoms with E-state index in [4.69, 9.17) is 19.2 Å². The molecule has 0 saturated heterocycles. The first-order valence-electron chi connectivity index (χ1n) is 12.5. The fourth-order valence-corrected chi connectivity index (χ4v) is 4.62. The largest absolute Gasteiger partial charge is 0.467 e. The van der Waals surface area contributed by atoms with Crippen molar-refractivity contribution < 1.29 is 19.0 Å². The lowest BCUT2D eigenvalue weighted by atomic mass is 10.1. The van der Waals surface area contributed by atoms with Gasteiger partial charge in [-0.25, -0.2) is 4.79 Å². The number of nitrogens with zero attached hydrogens (tertiary/aromatic N) is 3. The van der Waals surface area contributed by atoms with E-state index in [9.17, 15) is 4.79 Å². The smallest absolute Gasteiger partial charge is 0.407 e. The summed E-state index contributed by atoms with van der Waals surface area (Å²) in [5.41, 5.74) is 1.55. The van der Waals surface area contributed by atoms with Gasteiger partial charge in [-0.05, 0) is 52.7 Å². The van der Waals surface area contributed by atoms with E-state index in [1.54, 1.807) is 6.20 Å². The average Bonchev–Trinajstić information content (AvgIpc) is 3.22. The maximum Gasteiger partial charge on any atom is 0.407 e. The van der Waals surface area contributed by atoms with Crippen molar-refractivity contribution in [1.29, 1.82) is 0 Å². The number of alkyl carbamates (subject to hydrolysis) is 1. The number of carbonyl (C=O) groups excluding carboxylic acids is 1. The minimum atomic E-state index is -1.14. The molecule has 1 amide bonds. The van der Waals surface area contributed by atoms with Gasteiger partial charge in [-0.1, -0.05) is 39.1 Å². The molecule has 1 atom stereocenters. The predicted molar refractivity (Wildman–Crippen MR) is 148 cm³/mol. The van der Waals surface area contributed by atoms with E-state index in [-0.39, 0.29) is 0 Å². The van der Waals surface area contributed by atoms with Crippen LogP contribution < -0.4 is 10.1 Å². The van der Waals surface area contributed by atoms with Crippen molar-refractivity contribution in [3.8, 4) is 5.88 Å². The van der Waals surface area contributed by atoms with E-state index in [2.05, 4.69) is 52.8 Å². The molecule has 3 aromatic rings. The van der Waals surface area contributed by atoms with Crippen LogP contribution in [0.15, 0.2) is 47.2 Å². The SMILES string of the molecule is CCCCOC(=O)NCCC(Oc1nc2c(ccn2COCC[Si](C)(C)C)cc1Br)c1ccccn1. The molecule has 0 aliphatic rings. The van der Waals surface area contributed by atoms with Crippen LogP contribution in [0.4, 0.5) is 4.79 Å². The summed E-state index contributed by atoms with van der Waals surface area (Å²) >= 11 is 3.61. The molecule has 0 saturated carbocycles. The number of halogens is 1. The van der Waals surface area contributed by atoms with Gasteiger partial charge in [0.1, 0.15) is 18.5 Å². The van der Waals surface area contributed by atoms with E-state index in [1.807, 2.05) is 41.1 Å². The molecule has 3 aromatic heterocycles. The third-order valence-electron chi connectivity index (χ3n) is 5.56. The van der Waals surface area contributed by atoms with Gasteiger partial charge in [0.15, 0.2) is 0 Å². The number of aromatic nitrogens is 3. The van der Waals surface area contributed by atoms with Crippen molar-refractivity contribution >= 4 is 41.1 Å². The average molecular weight is 578 g/mol. The van der Waals surface area contributed by atoms with Crippen molar-refractivity contribution in [2.24, 2.45) is 0 Å². The molecule has 1 unspecified atom stereocenters. The number of carbonyl (C=O) groups is 1. The predicted octanol–water partition coefficient (Wildman–Crippen LogP) is 6.54. The Hall–Kier alpha value is -2.43. The zero-order valence-corrected chi connectivity index (χ0v) is 24.2. The van der Waals surface area contributed by atoms with Crippen molar-refractivity contribution in [3.05, 3.63) is 52.9 Å². The van der Waals surface area contributed by atoms with Crippen molar-refractivity contribution in [2.45, 2.75) is 64.7 Å². The van der Waals surface area contributed by atoms with Crippen LogP contribution in [0, 0.1) is 0 Å². The lowest BCUT2D eigenvalue weighted by Crippen LogP contribution is -2.27. The minimum Gasteiger partial charge on any atom is -0.467 e. The summed E-state index contributed by atoms with van der Waals surface area (Å²) in [6, 6.07) is 10.8. The number of hydrogen-bond donors (Lipinski definition) is 1. The quantitative estimate of drug-likeness (QED) is 0.173. The molecule has 0 aliphatic carbocycles. The molecule has 0 fully saturated rings. The first kappa shape index (κ1) is 28.1. The van der Waals surface area contributed by atoms with Gasteiger partial charge >= 0.3 is 6.09 Å². The highest BCUT2D eigenvalue weighted by atomic mass is 79.9. The summed E-state index contributed by atoms with van der Waals surface area (Å²) in [5, 5.41) is 3.79. The van der Waals surface area contributed by atoms with E-state index in [0.717, 1.165) is 46.7 Å². The van der Waals surface area contributed by atoms with E-state index in [1.165, 1.54) is 0 Å². The van der Waals surface area contributed by atoms with Crippen LogP contribution in [0.5, 0.6) is 5.88 Å².